The first kappa shape index (κ1) is 59.2. The van der Waals surface area contributed by atoms with Gasteiger partial charge in [-0.2, -0.15) is 0 Å². The van der Waals surface area contributed by atoms with E-state index in [0.717, 1.165) is 0 Å². The van der Waals surface area contributed by atoms with Crippen molar-refractivity contribution < 1.29 is 128 Å². The quantitative estimate of drug-likeness (QED) is 0.0758. The molecule has 0 saturated heterocycles. The van der Waals surface area contributed by atoms with E-state index in [2.05, 4.69) is 47.0 Å². The van der Waals surface area contributed by atoms with Gasteiger partial charge in [-0.15, -0.1) is 21.9 Å². The van der Waals surface area contributed by atoms with E-state index in [1.54, 1.807) is 0 Å². The normalized spacial score (nSPS) is 12.1. The molecule has 0 aliphatic carbocycles. The molecule has 0 spiro atoms. The fourth-order valence-corrected chi connectivity index (χ4v) is 10.6. The van der Waals surface area contributed by atoms with Crippen LogP contribution in [0.2, 0.25) is 0 Å². The average Bonchev–Trinajstić information content (AvgIpc) is 1.63. The molecule has 0 heterocycles. The molecule has 0 unspecified atom stereocenters. The van der Waals surface area contributed by atoms with E-state index in [1.807, 2.05) is 0 Å². The summed E-state index contributed by atoms with van der Waals surface area (Å²) in [7, 11) is 4.34. The highest BCUT2D eigenvalue weighted by molar-refractivity contribution is 7.23. The van der Waals surface area contributed by atoms with Gasteiger partial charge in [0.05, 0.1) is 35.6 Å². The molecule has 0 bridgehead atoms. The van der Waals surface area contributed by atoms with Crippen molar-refractivity contribution in [2.24, 2.45) is 0 Å². The van der Waals surface area contributed by atoms with Crippen molar-refractivity contribution in [3.8, 4) is 0 Å². The maximum Gasteiger partial charge on any atom is 0.198 e. The van der Waals surface area contributed by atoms with Crippen LogP contribution in [0, 0.1) is 184 Å². The van der Waals surface area contributed by atoms with Crippen LogP contribution < -0.4 is 26.8 Å². The van der Waals surface area contributed by atoms with Crippen molar-refractivity contribution in [1.82, 2.24) is 0 Å². The van der Waals surface area contributed by atoms with Gasteiger partial charge in [0.2, 0.25) is 0 Å². The molecule has 9 aromatic carbocycles. The lowest BCUT2D eigenvalue weighted by Crippen LogP contribution is -3.00. The molecule has 9 rings (SSSR count). The molecule has 0 aromatic heterocycles. The Hall–Kier alpha value is -7.92. The van der Waals surface area contributed by atoms with Crippen LogP contribution in [0.1, 0.15) is 16.7 Å². The number of halogens is 28. The monoisotopic (exact) mass is 1190 g/mol. The van der Waals surface area contributed by atoms with Crippen LogP contribution in [0.3, 0.4) is 0 Å². The summed E-state index contributed by atoms with van der Waals surface area (Å²) in [5, 5.41) is -27.0. The number of quaternary nitrogens is 1. The number of hydrogen-bond acceptors (Lipinski definition) is 0. The lowest BCUT2D eigenvalue weighted by atomic mass is 9.11. The molecule has 0 atom stereocenters. The van der Waals surface area contributed by atoms with Gasteiger partial charge in [-0.3, -0.25) is 0 Å². The molecule has 1 nitrogen and oxygen atoms in total. The Bertz CT molecular complexity index is 3800. The predicted molar refractivity (Wildman–Crippen MR) is 232 cm³/mol. The molecule has 0 saturated carbocycles. The van der Waals surface area contributed by atoms with Crippen molar-refractivity contribution >= 4 is 76.8 Å². The minimum absolute atomic E-state index is 1.36. The molecule has 0 aliphatic rings. The molecular formula is C51H18BF28N. The summed E-state index contributed by atoms with van der Waals surface area (Å²) in [6.07, 6.45) is -8.05. The Kier molecular flexibility index (Phi) is 14.6. The highest BCUT2D eigenvalue weighted by Crippen LogP contribution is 2.42. The predicted octanol–water partition coefficient (Wildman–Crippen LogP) is 13.0. The van der Waals surface area contributed by atoms with E-state index in [9.17, 15) is 17.6 Å². The third-order valence-corrected chi connectivity index (χ3v) is 13.4. The van der Waals surface area contributed by atoms with Gasteiger partial charge in [0.25, 0.3) is 0 Å². The average molecular weight is 1190 g/mol. The smallest absolute Gasteiger partial charge is 0.198 e. The van der Waals surface area contributed by atoms with E-state index in [1.165, 1.54) is 27.3 Å². The third-order valence-electron chi connectivity index (χ3n) is 13.4. The van der Waals surface area contributed by atoms with Gasteiger partial charge in [0, 0.05) is 11.1 Å². The molecule has 0 aliphatic heterocycles. The van der Waals surface area contributed by atoms with Crippen LogP contribution in [-0.4, -0.2) is 20.2 Å². The summed E-state index contributed by atoms with van der Waals surface area (Å²) in [4.78, 5) is 1.41. The standard InChI is InChI=1S/C40BF28.C11H17N/c42-13-1-5(21(50)37(66)33(13)62)17(46)29(58)25(54)9(1)41(10-2-6(18(47)30(59)26(10)55)22(51)38(67)34(63)14(2)43,11-3-7(19(48)31(60)27(11)56)23(52)39(68)35(64)15(3)44)12-4-8(20(49)32(61)28(12)57)24(53)40(69)36(65)16(4)45;1-8-6-9(2)11(12(4)5)10(3)7-8/h;6-7H,1-5H3/q-1;/p+1. The van der Waals surface area contributed by atoms with Crippen LogP contribution in [0.25, 0.3) is 43.1 Å². The van der Waals surface area contributed by atoms with E-state index >= 15 is 105 Å². The zero-order valence-electron chi connectivity index (χ0n) is 39.8. The van der Waals surface area contributed by atoms with E-state index < -0.39 is 234 Å². The fraction of sp³-hybridized carbons (Fsp3) is 0.0980. The highest BCUT2D eigenvalue weighted by Gasteiger charge is 2.52. The van der Waals surface area contributed by atoms with Crippen molar-refractivity contribution in [3.05, 3.63) is 192 Å². The first-order valence-corrected chi connectivity index (χ1v) is 21.9. The Morgan fingerprint density at radius 2 is 0.370 bits per heavy atom. The topological polar surface area (TPSA) is 4.44 Å². The van der Waals surface area contributed by atoms with E-state index in [0.29, 0.717) is 0 Å². The largest absolute Gasteiger partial charge is 0.307 e. The van der Waals surface area contributed by atoms with Crippen molar-refractivity contribution in [2.45, 2.75) is 20.8 Å². The zero-order valence-corrected chi connectivity index (χ0v) is 39.8. The van der Waals surface area contributed by atoms with Crippen molar-refractivity contribution in [1.29, 1.82) is 0 Å². The van der Waals surface area contributed by atoms with Crippen LogP contribution in [0.4, 0.5) is 129 Å². The summed E-state index contributed by atoms with van der Waals surface area (Å²) in [6.45, 7) is 6.51. The second-order valence-corrected chi connectivity index (χ2v) is 18.1. The fourth-order valence-electron chi connectivity index (χ4n) is 10.6. The zero-order chi connectivity index (χ0) is 60.9. The maximum absolute atomic E-state index is 17.3. The number of nitrogens with one attached hydrogen (secondary N) is 1. The van der Waals surface area contributed by atoms with Gasteiger partial charge in [-0.05, 0) is 42.3 Å². The molecule has 426 valence electrons. The van der Waals surface area contributed by atoms with Crippen LogP contribution in [0.5, 0.6) is 0 Å². The third kappa shape index (κ3) is 7.87. The first-order chi connectivity index (χ1) is 37.5. The second kappa shape index (κ2) is 20.0. The lowest BCUT2D eigenvalue weighted by Gasteiger charge is -2.47. The Labute approximate surface area is 430 Å². The molecule has 0 fully saturated rings. The highest BCUT2D eigenvalue weighted by atomic mass is 19.2. The summed E-state index contributed by atoms with van der Waals surface area (Å²) in [6, 6.07) is 4.49. The van der Waals surface area contributed by atoms with Gasteiger partial charge in [-0.1, -0.05) is 17.7 Å². The number of hydrogen-bond donors (Lipinski definition) is 1. The van der Waals surface area contributed by atoms with E-state index in [4.69, 9.17) is 0 Å². The number of rotatable bonds is 5. The van der Waals surface area contributed by atoms with Crippen molar-refractivity contribution in [3.63, 3.8) is 0 Å². The second-order valence-electron chi connectivity index (χ2n) is 18.1. The molecule has 9 aromatic rings. The van der Waals surface area contributed by atoms with Gasteiger partial charge < -0.3 is 4.90 Å². The molecule has 30 heteroatoms. The van der Waals surface area contributed by atoms with Gasteiger partial charge in [0.15, 0.2) is 140 Å². The Morgan fingerprint density at radius 1 is 0.222 bits per heavy atom. The van der Waals surface area contributed by atoms with Crippen LogP contribution in [0.15, 0.2) is 12.1 Å². The lowest BCUT2D eigenvalue weighted by molar-refractivity contribution is -0.787. The summed E-state index contributed by atoms with van der Waals surface area (Å²) in [5.74, 6) is -104. The van der Waals surface area contributed by atoms with Crippen LogP contribution in [-0.2, 0) is 0 Å². The van der Waals surface area contributed by atoms with Gasteiger partial charge in [-0.25, -0.2) is 123 Å². The minimum atomic E-state index is -8.05. The number of benzene rings is 9. The number of aryl methyl sites for hydroxylation is 3. The maximum atomic E-state index is 17.3. The molecule has 81 heavy (non-hydrogen) atoms. The number of fused-ring (bicyclic) bond motifs is 4. The first-order valence-electron chi connectivity index (χ1n) is 21.9. The minimum Gasteiger partial charge on any atom is -0.307 e. The summed E-state index contributed by atoms with van der Waals surface area (Å²) < 4.78 is 446. The molecule has 1 N–H and O–H groups in total. The Balaban J connectivity index is 0.000000636. The summed E-state index contributed by atoms with van der Waals surface area (Å²) >= 11 is 0. The van der Waals surface area contributed by atoms with Gasteiger partial charge >= 0.3 is 0 Å². The molecule has 0 amide bonds. The van der Waals surface area contributed by atoms with Gasteiger partial charge in [0.1, 0.15) is 35.1 Å². The summed E-state index contributed by atoms with van der Waals surface area (Å²) in [5.41, 5.74) is -9.92. The SMILES string of the molecule is Cc1cc(C)c([NH+](C)C)c(C)c1.Fc1c(F)c(F)c2c([B-](c3c(F)c(F)c(F)c4c(F)c(F)c(F)c(F)c34)(c3c(F)c(F)c(F)c4c(F)c(F)c(F)c(F)c34)c3c(F)c(F)c(F)c4c(F)c(F)c(F)c(F)c34)c(F)c(F)c(F)c2c1F. The Morgan fingerprint density at radius 3 is 0.531 bits per heavy atom. The van der Waals surface area contributed by atoms with E-state index in [-0.39, 0.29) is 0 Å². The van der Waals surface area contributed by atoms with Crippen LogP contribution >= 0.6 is 0 Å². The molecular weight excluding hydrogens is 1170 g/mol. The molecule has 0 radical (unpaired) electrons. The van der Waals surface area contributed by atoms with Crippen molar-refractivity contribution in [2.75, 3.05) is 14.1 Å².